The molecule has 0 atom stereocenters. The van der Waals surface area contributed by atoms with Crippen LogP contribution in [0.1, 0.15) is 56.3 Å². The standard InChI is InChI=1S/C9H8O4.C6H6O3.C5H10.C3H9N/c10-5-3-7(12)9-6(11)1-2-13-8(9)4-5;7-4-2-1-3-5(8)6(4)9;1-2-5-3-4-5;1-2-3-4/h3-4,10,12H,1-2H2;1-3,7-9H;5H,2-4H2,1H3;2-4H2,1H3. The number of rotatable bonds is 2. The number of phenols is 5. The van der Waals surface area contributed by atoms with Crippen LogP contribution in [0.3, 0.4) is 0 Å². The zero-order chi connectivity index (χ0) is 23.4. The zero-order valence-electron chi connectivity index (χ0n) is 18.0. The number of phenolic OH excluding ortho intramolecular Hbond substituents is 5. The van der Waals surface area contributed by atoms with Gasteiger partial charge in [-0.1, -0.05) is 39.2 Å². The summed E-state index contributed by atoms with van der Waals surface area (Å²) in [6, 6.07) is 6.46. The molecule has 172 valence electrons. The van der Waals surface area contributed by atoms with E-state index >= 15 is 0 Å². The van der Waals surface area contributed by atoms with Crippen molar-refractivity contribution in [1.82, 2.24) is 0 Å². The van der Waals surface area contributed by atoms with Gasteiger partial charge >= 0.3 is 0 Å². The number of Topliss-reactive ketones (excluding diaryl/α,β-unsaturated/α-hetero) is 1. The fourth-order valence-electron chi connectivity index (χ4n) is 2.40. The van der Waals surface area contributed by atoms with Crippen molar-refractivity contribution in [1.29, 1.82) is 0 Å². The molecule has 31 heavy (non-hydrogen) atoms. The molecule has 0 spiro atoms. The van der Waals surface area contributed by atoms with Crippen molar-refractivity contribution in [2.45, 2.75) is 46.0 Å². The Morgan fingerprint density at radius 2 is 1.58 bits per heavy atom. The van der Waals surface area contributed by atoms with Crippen molar-refractivity contribution in [3.05, 3.63) is 35.9 Å². The van der Waals surface area contributed by atoms with Gasteiger partial charge in [0.25, 0.3) is 0 Å². The summed E-state index contributed by atoms with van der Waals surface area (Å²) in [5.41, 5.74) is 5.20. The molecule has 2 aromatic carbocycles. The van der Waals surface area contributed by atoms with Crippen molar-refractivity contribution in [3.63, 3.8) is 0 Å². The van der Waals surface area contributed by atoms with Crippen molar-refractivity contribution >= 4 is 5.78 Å². The normalized spacial score (nSPS) is 13.7. The van der Waals surface area contributed by atoms with Gasteiger partial charge in [0, 0.05) is 18.6 Å². The molecule has 0 amide bonds. The van der Waals surface area contributed by atoms with Crippen LogP contribution >= 0.6 is 0 Å². The van der Waals surface area contributed by atoms with Crippen molar-refractivity contribution < 1.29 is 35.1 Å². The van der Waals surface area contributed by atoms with Crippen LogP contribution in [0.2, 0.25) is 0 Å². The zero-order valence-corrected chi connectivity index (χ0v) is 18.0. The van der Waals surface area contributed by atoms with Crippen LogP contribution in [0, 0.1) is 5.92 Å². The summed E-state index contributed by atoms with van der Waals surface area (Å²) in [6.07, 6.45) is 5.80. The third-order valence-corrected chi connectivity index (χ3v) is 4.49. The lowest BCUT2D eigenvalue weighted by molar-refractivity contribution is 0.0929. The number of hydrogen-bond donors (Lipinski definition) is 6. The molecule has 0 aromatic heterocycles. The summed E-state index contributed by atoms with van der Waals surface area (Å²) >= 11 is 0. The highest BCUT2D eigenvalue weighted by molar-refractivity contribution is 6.02. The minimum absolute atomic E-state index is 0.106. The minimum atomic E-state index is -0.475. The van der Waals surface area contributed by atoms with Crippen molar-refractivity contribution in [2.24, 2.45) is 11.7 Å². The molecule has 0 bridgehead atoms. The Bertz CT molecular complexity index is 813. The maximum Gasteiger partial charge on any atom is 0.200 e. The van der Waals surface area contributed by atoms with Crippen LogP contribution in [0.25, 0.3) is 0 Å². The summed E-state index contributed by atoms with van der Waals surface area (Å²) in [4.78, 5) is 11.3. The average molecular weight is 436 g/mol. The molecule has 1 fully saturated rings. The highest BCUT2D eigenvalue weighted by atomic mass is 16.5. The predicted octanol–water partition coefficient (Wildman–Crippen LogP) is 4.03. The van der Waals surface area contributed by atoms with E-state index in [0.717, 1.165) is 24.9 Å². The Morgan fingerprint density at radius 1 is 1.00 bits per heavy atom. The van der Waals surface area contributed by atoms with Gasteiger partial charge in [0.15, 0.2) is 23.0 Å². The molecule has 1 saturated carbocycles. The number of aromatic hydroxyl groups is 5. The molecule has 1 aliphatic heterocycles. The first-order valence-electron chi connectivity index (χ1n) is 10.4. The van der Waals surface area contributed by atoms with Crippen molar-refractivity contribution in [2.75, 3.05) is 13.2 Å². The third-order valence-electron chi connectivity index (χ3n) is 4.49. The molecule has 0 saturated heterocycles. The lowest BCUT2D eigenvalue weighted by atomic mass is 10.0. The summed E-state index contributed by atoms with van der Waals surface area (Å²) in [7, 11) is 0. The van der Waals surface area contributed by atoms with E-state index in [2.05, 4.69) is 13.8 Å². The van der Waals surface area contributed by atoms with Crippen LogP contribution in [-0.4, -0.2) is 44.5 Å². The van der Waals surface area contributed by atoms with Gasteiger partial charge in [0.05, 0.1) is 6.61 Å². The molecular formula is C23H33NO7. The smallest absolute Gasteiger partial charge is 0.200 e. The average Bonchev–Trinajstić information content (AvgIpc) is 3.57. The molecule has 1 heterocycles. The second kappa shape index (κ2) is 13.2. The topological polar surface area (TPSA) is 153 Å². The summed E-state index contributed by atoms with van der Waals surface area (Å²) in [5, 5.41) is 44.5. The molecular weight excluding hydrogens is 402 g/mol. The van der Waals surface area contributed by atoms with E-state index in [9.17, 15) is 9.90 Å². The Hall–Kier alpha value is -3.13. The first-order chi connectivity index (χ1) is 14.7. The van der Waals surface area contributed by atoms with Crippen LogP contribution in [-0.2, 0) is 0 Å². The van der Waals surface area contributed by atoms with E-state index in [1.165, 1.54) is 43.5 Å². The SMILES string of the molecule is CCC1CC1.CCCN.O=C1CCOc2cc(O)cc(O)c21.Oc1cccc(O)c1O. The number of benzene rings is 2. The van der Waals surface area contributed by atoms with E-state index in [0.29, 0.717) is 6.61 Å². The molecule has 8 heteroatoms. The van der Waals surface area contributed by atoms with Crippen LogP contribution in [0.4, 0.5) is 0 Å². The van der Waals surface area contributed by atoms with Gasteiger partial charge in [-0.15, -0.1) is 0 Å². The molecule has 0 radical (unpaired) electrons. The number of ether oxygens (including phenoxy) is 1. The molecule has 1 aliphatic carbocycles. The first kappa shape index (κ1) is 25.9. The largest absolute Gasteiger partial charge is 0.508 e. The number of nitrogens with two attached hydrogens (primary N) is 1. The fraction of sp³-hybridized carbons (Fsp3) is 0.435. The monoisotopic (exact) mass is 435 g/mol. The van der Waals surface area contributed by atoms with Crippen LogP contribution in [0.5, 0.6) is 34.5 Å². The number of carbonyl (C=O) groups excluding carboxylic acids is 1. The Morgan fingerprint density at radius 3 is 2.00 bits per heavy atom. The third kappa shape index (κ3) is 9.04. The lowest BCUT2D eigenvalue weighted by Crippen LogP contribution is -2.15. The maximum atomic E-state index is 11.3. The summed E-state index contributed by atoms with van der Waals surface area (Å²) < 4.78 is 5.11. The van der Waals surface area contributed by atoms with Crippen LogP contribution < -0.4 is 10.5 Å². The van der Waals surface area contributed by atoms with Gasteiger partial charge in [0.1, 0.15) is 22.8 Å². The second-order valence-electron chi connectivity index (χ2n) is 7.14. The quantitative estimate of drug-likeness (QED) is 0.387. The lowest BCUT2D eigenvalue weighted by Gasteiger charge is -2.16. The van der Waals surface area contributed by atoms with E-state index in [1.54, 1.807) is 0 Å². The van der Waals surface area contributed by atoms with E-state index < -0.39 is 5.75 Å². The second-order valence-corrected chi connectivity index (χ2v) is 7.14. The van der Waals surface area contributed by atoms with Gasteiger partial charge < -0.3 is 36.0 Å². The number of carbonyl (C=O) groups is 1. The van der Waals surface area contributed by atoms with Gasteiger partial charge in [0.2, 0.25) is 0 Å². The summed E-state index contributed by atoms with van der Waals surface area (Å²) in [6.45, 7) is 5.44. The number of fused-ring (bicyclic) bond motifs is 1. The molecule has 4 rings (SSSR count). The number of para-hydroxylation sites is 1. The molecule has 8 nitrogen and oxygen atoms in total. The van der Waals surface area contributed by atoms with Gasteiger partial charge in [-0.3, -0.25) is 4.79 Å². The molecule has 2 aliphatic rings. The van der Waals surface area contributed by atoms with E-state index in [1.807, 2.05) is 0 Å². The number of hydrogen-bond acceptors (Lipinski definition) is 8. The van der Waals surface area contributed by atoms with E-state index in [-0.39, 0.29) is 46.5 Å². The highest BCUT2D eigenvalue weighted by Crippen LogP contribution is 2.36. The molecule has 0 unspecified atom stereocenters. The molecule has 7 N–H and O–H groups in total. The Labute approximate surface area is 182 Å². The van der Waals surface area contributed by atoms with Crippen molar-refractivity contribution in [3.8, 4) is 34.5 Å². The van der Waals surface area contributed by atoms with Crippen LogP contribution in [0.15, 0.2) is 30.3 Å². The first-order valence-corrected chi connectivity index (χ1v) is 10.4. The summed E-state index contributed by atoms with van der Waals surface area (Å²) in [5.74, 6) is -0.185. The maximum absolute atomic E-state index is 11.3. The number of ketones is 1. The predicted molar refractivity (Wildman–Crippen MR) is 118 cm³/mol. The Balaban J connectivity index is 0.000000231. The molecule has 2 aromatic rings. The minimum Gasteiger partial charge on any atom is -0.508 e. The van der Waals surface area contributed by atoms with Gasteiger partial charge in [-0.25, -0.2) is 0 Å². The highest BCUT2D eigenvalue weighted by Gasteiger charge is 2.23. The fourth-order valence-corrected chi connectivity index (χ4v) is 2.40. The van der Waals surface area contributed by atoms with Gasteiger partial charge in [-0.2, -0.15) is 0 Å². The Kier molecular flexibility index (Phi) is 11.1. The van der Waals surface area contributed by atoms with E-state index in [4.69, 9.17) is 30.9 Å². The van der Waals surface area contributed by atoms with Gasteiger partial charge in [-0.05, 0) is 31.0 Å².